The van der Waals surface area contributed by atoms with Crippen molar-refractivity contribution in [3.05, 3.63) is 145 Å². The zero-order valence-electron chi connectivity index (χ0n) is 20.1. The molecule has 0 atom stereocenters. The summed E-state index contributed by atoms with van der Waals surface area (Å²) in [4.78, 5) is 10.1. The number of aromatic nitrogens is 2. The Morgan fingerprint density at radius 3 is 1.49 bits per heavy atom. The van der Waals surface area contributed by atoms with Crippen molar-refractivity contribution in [3.8, 4) is 56.2 Å². The maximum Gasteiger partial charge on any atom is 0.161 e. The zero-order valence-corrected chi connectivity index (χ0v) is 20.8. The van der Waals surface area contributed by atoms with Gasteiger partial charge in [0.1, 0.15) is 0 Å². The van der Waals surface area contributed by atoms with Crippen LogP contribution in [-0.2, 0) is 0 Å². The molecule has 0 fully saturated rings. The molecule has 0 aliphatic carbocycles. The fourth-order valence-corrected chi connectivity index (χ4v) is 4.74. The van der Waals surface area contributed by atoms with Gasteiger partial charge in [-0.15, -0.1) is 0 Å². The quantitative estimate of drug-likeness (QED) is 0.238. The van der Waals surface area contributed by atoms with Crippen molar-refractivity contribution in [1.82, 2.24) is 9.97 Å². The molecular weight excluding hydrogens is 472 g/mol. The number of nitrogens with zero attached hydrogens (tertiary/aromatic N) is 2. The first-order valence-corrected chi connectivity index (χ1v) is 12.6. The Bertz CT molecular complexity index is 1620. The molecule has 0 unspecified atom stereocenters. The smallest absolute Gasteiger partial charge is 0.161 e. The van der Waals surface area contributed by atoms with Gasteiger partial charge in [0.15, 0.2) is 5.82 Å². The van der Waals surface area contributed by atoms with Gasteiger partial charge in [0.05, 0.1) is 11.4 Å². The summed E-state index contributed by atoms with van der Waals surface area (Å²) in [7, 11) is 0. The molecule has 2 nitrogen and oxygen atoms in total. The highest BCUT2D eigenvalue weighted by atomic mass is 35.5. The van der Waals surface area contributed by atoms with Gasteiger partial charge >= 0.3 is 0 Å². The fraction of sp³-hybridized carbons (Fsp3) is 0. The number of rotatable bonds is 5. The molecule has 0 spiro atoms. The van der Waals surface area contributed by atoms with Crippen LogP contribution in [0.1, 0.15) is 0 Å². The van der Waals surface area contributed by atoms with Gasteiger partial charge in [-0.2, -0.15) is 0 Å². The van der Waals surface area contributed by atoms with Crippen LogP contribution in [0.5, 0.6) is 0 Å². The molecule has 0 aliphatic heterocycles. The molecule has 0 radical (unpaired) electrons. The monoisotopic (exact) mass is 494 g/mol. The normalized spacial score (nSPS) is 10.8. The highest BCUT2D eigenvalue weighted by Gasteiger charge is 2.14. The summed E-state index contributed by atoms with van der Waals surface area (Å²) in [6.07, 6.45) is 0. The summed E-state index contributed by atoms with van der Waals surface area (Å²) in [5.74, 6) is 0.698. The van der Waals surface area contributed by atoms with Crippen molar-refractivity contribution in [2.24, 2.45) is 0 Å². The molecule has 0 saturated carbocycles. The lowest BCUT2D eigenvalue weighted by atomic mass is 9.95. The average Bonchev–Trinajstić information content (AvgIpc) is 2.98. The summed E-state index contributed by atoms with van der Waals surface area (Å²) in [6.45, 7) is 0. The molecule has 176 valence electrons. The van der Waals surface area contributed by atoms with E-state index in [1.165, 1.54) is 0 Å². The average molecular weight is 495 g/mol. The summed E-state index contributed by atoms with van der Waals surface area (Å²) < 4.78 is 0. The first kappa shape index (κ1) is 22.9. The summed E-state index contributed by atoms with van der Waals surface area (Å²) >= 11 is 6.27. The van der Waals surface area contributed by atoms with Crippen LogP contribution in [-0.4, -0.2) is 9.97 Å². The Balaban J connectivity index is 1.52. The second-order valence-corrected chi connectivity index (χ2v) is 9.27. The van der Waals surface area contributed by atoms with Gasteiger partial charge in [-0.05, 0) is 46.5 Å². The van der Waals surface area contributed by atoms with Crippen LogP contribution in [0.4, 0.5) is 0 Å². The van der Waals surface area contributed by atoms with Gasteiger partial charge in [-0.3, -0.25) is 0 Å². The van der Waals surface area contributed by atoms with E-state index in [2.05, 4.69) is 78.9 Å². The van der Waals surface area contributed by atoms with Crippen molar-refractivity contribution in [1.29, 1.82) is 0 Å². The van der Waals surface area contributed by atoms with E-state index >= 15 is 0 Å². The van der Waals surface area contributed by atoms with Gasteiger partial charge in [0, 0.05) is 21.7 Å². The van der Waals surface area contributed by atoms with E-state index in [9.17, 15) is 0 Å². The number of benzene rings is 5. The number of hydrogen-bond donors (Lipinski definition) is 0. The molecule has 0 bridgehead atoms. The fourth-order valence-electron chi connectivity index (χ4n) is 4.55. The second-order valence-electron chi connectivity index (χ2n) is 8.83. The topological polar surface area (TPSA) is 25.8 Å². The molecular formula is C34H23ClN2. The second kappa shape index (κ2) is 10.2. The lowest BCUT2D eigenvalue weighted by molar-refractivity contribution is 1.18. The molecule has 0 aliphatic rings. The zero-order chi connectivity index (χ0) is 25.0. The summed E-state index contributed by atoms with van der Waals surface area (Å²) in [6, 6.07) is 47.4. The Labute approximate surface area is 221 Å². The minimum atomic E-state index is 0.698. The van der Waals surface area contributed by atoms with Gasteiger partial charge in [0.25, 0.3) is 0 Å². The predicted molar refractivity (Wildman–Crippen MR) is 154 cm³/mol. The Morgan fingerprint density at radius 2 is 0.865 bits per heavy atom. The van der Waals surface area contributed by atoms with E-state index < -0.39 is 0 Å². The SMILES string of the molecule is Clc1cccc(-c2cccc(-c3ccccc3-c3nc(-c4ccccc4)cc(-c4ccccc4)n3)c2)c1. The largest absolute Gasteiger partial charge is 0.228 e. The molecule has 3 heteroatoms. The Morgan fingerprint density at radius 1 is 0.378 bits per heavy atom. The van der Waals surface area contributed by atoms with Crippen LogP contribution in [0.25, 0.3) is 56.2 Å². The molecule has 0 amide bonds. The summed E-state index contributed by atoms with van der Waals surface area (Å²) in [5, 5.41) is 0.725. The Hall–Kier alpha value is -4.53. The minimum absolute atomic E-state index is 0.698. The predicted octanol–water partition coefficient (Wildman–Crippen LogP) is 9.46. The van der Waals surface area contributed by atoms with Crippen molar-refractivity contribution in [2.45, 2.75) is 0 Å². The van der Waals surface area contributed by atoms with E-state index in [1.807, 2.05) is 60.7 Å². The van der Waals surface area contributed by atoms with Crippen LogP contribution in [0.2, 0.25) is 5.02 Å². The maximum atomic E-state index is 6.27. The Kier molecular flexibility index (Phi) is 6.33. The van der Waals surface area contributed by atoms with E-state index in [1.54, 1.807) is 0 Å². The molecule has 6 aromatic rings. The standard InChI is InChI=1S/C34H23ClN2/c35-29-18-10-16-27(22-29)26-15-9-17-28(21-26)30-19-7-8-20-31(30)34-36-32(24-11-3-1-4-12-24)23-33(37-34)25-13-5-2-6-14-25/h1-23H. The van der Waals surface area contributed by atoms with Gasteiger partial charge in [-0.25, -0.2) is 9.97 Å². The lowest BCUT2D eigenvalue weighted by Gasteiger charge is -2.13. The van der Waals surface area contributed by atoms with Gasteiger partial charge in [0.2, 0.25) is 0 Å². The van der Waals surface area contributed by atoms with Crippen LogP contribution >= 0.6 is 11.6 Å². The first-order valence-electron chi connectivity index (χ1n) is 12.2. The summed E-state index contributed by atoms with van der Waals surface area (Å²) in [5.41, 5.74) is 9.27. The molecule has 1 heterocycles. The van der Waals surface area contributed by atoms with Crippen molar-refractivity contribution in [2.75, 3.05) is 0 Å². The number of hydrogen-bond acceptors (Lipinski definition) is 2. The molecule has 6 rings (SSSR count). The van der Waals surface area contributed by atoms with E-state index in [0.29, 0.717) is 5.82 Å². The molecule has 5 aromatic carbocycles. The lowest BCUT2D eigenvalue weighted by Crippen LogP contribution is -1.97. The maximum absolute atomic E-state index is 6.27. The van der Waals surface area contributed by atoms with Crippen LogP contribution in [0, 0.1) is 0 Å². The third-order valence-electron chi connectivity index (χ3n) is 6.36. The van der Waals surface area contributed by atoms with E-state index in [0.717, 1.165) is 55.4 Å². The number of halogens is 1. The first-order chi connectivity index (χ1) is 18.2. The molecule has 1 aromatic heterocycles. The van der Waals surface area contributed by atoms with Crippen LogP contribution in [0.3, 0.4) is 0 Å². The van der Waals surface area contributed by atoms with Crippen LogP contribution in [0.15, 0.2) is 140 Å². The van der Waals surface area contributed by atoms with Crippen molar-refractivity contribution in [3.63, 3.8) is 0 Å². The highest BCUT2D eigenvalue weighted by molar-refractivity contribution is 6.30. The molecule has 0 N–H and O–H groups in total. The highest BCUT2D eigenvalue weighted by Crippen LogP contribution is 2.35. The van der Waals surface area contributed by atoms with E-state index in [-0.39, 0.29) is 0 Å². The van der Waals surface area contributed by atoms with Gasteiger partial charge < -0.3 is 0 Å². The molecule has 0 saturated heterocycles. The van der Waals surface area contributed by atoms with E-state index in [4.69, 9.17) is 21.6 Å². The van der Waals surface area contributed by atoms with Gasteiger partial charge in [-0.1, -0.05) is 127 Å². The van der Waals surface area contributed by atoms with Crippen molar-refractivity contribution < 1.29 is 0 Å². The third-order valence-corrected chi connectivity index (χ3v) is 6.60. The third kappa shape index (κ3) is 4.93. The molecule has 37 heavy (non-hydrogen) atoms. The van der Waals surface area contributed by atoms with Crippen molar-refractivity contribution >= 4 is 11.6 Å². The van der Waals surface area contributed by atoms with Crippen LogP contribution < -0.4 is 0 Å². The minimum Gasteiger partial charge on any atom is -0.228 e.